The second-order valence-corrected chi connectivity index (χ2v) is 7.31. The molecule has 26 heavy (non-hydrogen) atoms. The van der Waals surface area contributed by atoms with Crippen LogP contribution in [0, 0.1) is 12.8 Å². The summed E-state index contributed by atoms with van der Waals surface area (Å²) in [6, 6.07) is 15.9. The molecule has 0 bridgehead atoms. The van der Waals surface area contributed by atoms with Crippen LogP contribution in [0.3, 0.4) is 0 Å². The van der Waals surface area contributed by atoms with Crippen molar-refractivity contribution in [2.24, 2.45) is 5.92 Å². The van der Waals surface area contributed by atoms with Crippen LogP contribution in [0.4, 0.5) is 11.4 Å². The van der Waals surface area contributed by atoms with Gasteiger partial charge < -0.3 is 9.80 Å². The number of fused-ring (bicyclic) bond motifs is 1. The van der Waals surface area contributed by atoms with Gasteiger partial charge >= 0.3 is 0 Å². The van der Waals surface area contributed by atoms with Gasteiger partial charge in [0.25, 0.3) is 0 Å². The van der Waals surface area contributed by atoms with E-state index in [9.17, 15) is 9.59 Å². The number of anilines is 2. The summed E-state index contributed by atoms with van der Waals surface area (Å²) in [6.07, 6.45) is 3.17. The van der Waals surface area contributed by atoms with E-state index in [-0.39, 0.29) is 17.7 Å². The Morgan fingerprint density at radius 1 is 0.923 bits per heavy atom. The maximum absolute atomic E-state index is 13.0. The third-order valence-electron chi connectivity index (χ3n) is 5.20. The molecule has 0 atom stereocenters. The fourth-order valence-electron chi connectivity index (χ4n) is 3.56. The molecule has 0 unspecified atom stereocenters. The van der Waals surface area contributed by atoms with Crippen molar-refractivity contribution in [3.63, 3.8) is 0 Å². The molecule has 4 heteroatoms. The standard InChI is InChI=1S/C22H24N2O2/c1-16-7-9-17(10-8-16)15-21(25)23-13-4-14-24(22(26)18-11-12-18)20-6-3-2-5-19(20)23/h2-3,5-10,18H,4,11-15H2,1H3. The first-order valence-electron chi connectivity index (χ1n) is 9.40. The minimum atomic E-state index is 0.0852. The summed E-state index contributed by atoms with van der Waals surface area (Å²) < 4.78 is 0. The summed E-state index contributed by atoms with van der Waals surface area (Å²) >= 11 is 0. The van der Waals surface area contributed by atoms with E-state index in [0.717, 1.165) is 36.2 Å². The van der Waals surface area contributed by atoms with Crippen molar-refractivity contribution in [3.8, 4) is 0 Å². The van der Waals surface area contributed by atoms with E-state index in [1.807, 2.05) is 65.3 Å². The van der Waals surface area contributed by atoms with Crippen molar-refractivity contribution in [3.05, 3.63) is 59.7 Å². The van der Waals surface area contributed by atoms with Crippen molar-refractivity contribution in [1.82, 2.24) is 0 Å². The maximum atomic E-state index is 13.0. The molecule has 0 spiro atoms. The van der Waals surface area contributed by atoms with E-state index < -0.39 is 0 Å². The zero-order valence-corrected chi connectivity index (χ0v) is 15.1. The normalized spacial score (nSPS) is 16.8. The van der Waals surface area contributed by atoms with Crippen LogP contribution in [0.2, 0.25) is 0 Å². The molecule has 1 aliphatic carbocycles. The molecule has 4 rings (SSSR count). The van der Waals surface area contributed by atoms with E-state index >= 15 is 0 Å². The van der Waals surface area contributed by atoms with Crippen molar-refractivity contribution in [1.29, 1.82) is 0 Å². The van der Waals surface area contributed by atoms with Crippen molar-refractivity contribution in [2.75, 3.05) is 22.9 Å². The molecule has 4 nitrogen and oxygen atoms in total. The highest BCUT2D eigenvalue weighted by Gasteiger charge is 2.36. The van der Waals surface area contributed by atoms with Gasteiger partial charge in [0.15, 0.2) is 0 Å². The number of carbonyl (C=O) groups excluding carboxylic acids is 2. The van der Waals surface area contributed by atoms with E-state index in [1.54, 1.807) is 0 Å². The van der Waals surface area contributed by atoms with Crippen LogP contribution < -0.4 is 9.80 Å². The molecule has 0 saturated heterocycles. The fraction of sp³-hybridized carbons (Fsp3) is 0.364. The van der Waals surface area contributed by atoms with Gasteiger partial charge in [-0.2, -0.15) is 0 Å². The second-order valence-electron chi connectivity index (χ2n) is 7.31. The lowest BCUT2D eigenvalue weighted by molar-refractivity contribution is -0.120. The van der Waals surface area contributed by atoms with Crippen LogP contribution in [0.15, 0.2) is 48.5 Å². The van der Waals surface area contributed by atoms with Crippen molar-refractivity contribution in [2.45, 2.75) is 32.6 Å². The van der Waals surface area contributed by atoms with Gasteiger partial charge in [-0.05, 0) is 43.9 Å². The Labute approximate surface area is 154 Å². The number of rotatable bonds is 3. The van der Waals surface area contributed by atoms with E-state index in [1.165, 1.54) is 5.56 Å². The molecular formula is C22H24N2O2. The molecule has 1 aliphatic heterocycles. The molecule has 2 aromatic carbocycles. The summed E-state index contributed by atoms with van der Waals surface area (Å²) in [6.45, 7) is 3.37. The van der Waals surface area contributed by atoms with Gasteiger partial charge in [0.2, 0.25) is 11.8 Å². The van der Waals surface area contributed by atoms with Gasteiger partial charge in [-0.25, -0.2) is 0 Å². The molecule has 2 amide bonds. The third-order valence-corrected chi connectivity index (χ3v) is 5.20. The van der Waals surface area contributed by atoms with Gasteiger partial charge in [0.1, 0.15) is 0 Å². The summed E-state index contributed by atoms with van der Waals surface area (Å²) in [5.41, 5.74) is 3.94. The van der Waals surface area contributed by atoms with Crippen LogP contribution in [0.5, 0.6) is 0 Å². The van der Waals surface area contributed by atoms with Crippen LogP contribution >= 0.6 is 0 Å². The van der Waals surface area contributed by atoms with E-state index in [4.69, 9.17) is 0 Å². The smallest absolute Gasteiger partial charge is 0.231 e. The number of nitrogens with zero attached hydrogens (tertiary/aromatic N) is 2. The Bertz CT molecular complexity index is 824. The highest BCUT2D eigenvalue weighted by Crippen LogP contribution is 2.38. The number of hydrogen-bond acceptors (Lipinski definition) is 2. The average molecular weight is 348 g/mol. The fourth-order valence-corrected chi connectivity index (χ4v) is 3.56. The summed E-state index contributed by atoms with van der Waals surface area (Å²) in [5.74, 6) is 0.477. The lowest BCUT2D eigenvalue weighted by Crippen LogP contribution is -2.33. The van der Waals surface area contributed by atoms with Gasteiger partial charge in [-0.1, -0.05) is 42.0 Å². The summed E-state index contributed by atoms with van der Waals surface area (Å²) in [5, 5.41) is 0. The van der Waals surface area contributed by atoms with Crippen LogP contribution in [0.1, 0.15) is 30.4 Å². The number of hydrogen-bond donors (Lipinski definition) is 0. The summed E-state index contributed by atoms with van der Waals surface area (Å²) in [4.78, 5) is 29.5. The Morgan fingerprint density at radius 2 is 1.54 bits per heavy atom. The van der Waals surface area contributed by atoms with E-state index in [0.29, 0.717) is 19.5 Å². The topological polar surface area (TPSA) is 40.6 Å². The maximum Gasteiger partial charge on any atom is 0.231 e. The lowest BCUT2D eigenvalue weighted by atomic mass is 10.1. The number of benzene rings is 2. The predicted molar refractivity (Wildman–Crippen MR) is 103 cm³/mol. The minimum Gasteiger partial charge on any atom is -0.310 e. The molecule has 0 aromatic heterocycles. The molecular weight excluding hydrogens is 324 g/mol. The first kappa shape index (κ1) is 16.8. The summed E-state index contributed by atoms with van der Waals surface area (Å²) in [7, 11) is 0. The molecule has 2 aliphatic rings. The van der Waals surface area contributed by atoms with Gasteiger partial charge in [0.05, 0.1) is 17.8 Å². The zero-order valence-electron chi connectivity index (χ0n) is 15.1. The molecule has 1 saturated carbocycles. The SMILES string of the molecule is Cc1ccc(CC(=O)N2CCCN(C(=O)C3CC3)c3ccccc32)cc1. The number of para-hydroxylation sites is 2. The molecule has 2 aromatic rings. The molecule has 134 valence electrons. The van der Waals surface area contributed by atoms with Crippen molar-refractivity contribution < 1.29 is 9.59 Å². The zero-order chi connectivity index (χ0) is 18.1. The molecule has 0 radical (unpaired) electrons. The predicted octanol–water partition coefficient (Wildman–Crippen LogP) is 3.72. The first-order valence-corrected chi connectivity index (χ1v) is 9.40. The Morgan fingerprint density at radius 3 is 2.19 bits per heavy atom. The first-order chi connectivity index (χ1) is 12.6. The molecule has 1 heterocycles. The quantitative estimate of drug-likeness (QED) is 0.848. The van der Waals surface area contributed by atoms with Crippen LogP contribution in [-0.4, -0.2) is 24.9 Å². The monoisotopic (exact) mass is 348 g/mol. The largest absolute Gasteiger partial charge is 0.310 e. The van der Waals surface area contributed by atoms with E-state index in [2.05, 4.69) is 0 Å². The van der Waals surface area contributed by atoms with Gasteiger partial charge in [-0.15, -0.1) is 0 Å². The Kier molecular flexibility index (Phi) is 4.49. The van der Waals surface area contributed by atoms with Crippen LogP contribution in [0.25, 0.3) is 0 Å². The minimum absolute atomic E-state index is 0.0852. The lowest BCUT2D eigenvalue weighted by Gasteiger charge is -2.25. The number of carbonyl (C=O) groups is 2. The highest BCUT2D eigenvalue weighted by atomic mass is 16.2. The molecule has 1 fully saturated rings. The highest BCUT2D eigenvalue weighted by molar-refractivity contribution is 6.04. The van der Waals surface area contributed by atoms with Crippen molar-refractivity contribution >= 4 is 23.2 Å². The average Bonchev–Trinajstić information content (AvgIpc) is 3.49. The second kappa shape index (κ2) is 6.94. The van der Waals surface area contributed by atoms with Crippen LogP contribution in [-0.2, 0) is 16.0 Å². The molecule has 0 N–H and O–H groups in total. The number of aryl methyl sites for hydroxylation is 1. The van der Waals surface area contributed by atoms with Gasteiger partial charge in [0, 0.05) is 19.0 Å². The third kappa shape index (κ3) is 3.36. The number of amides is 2. The van der Waals surface area contributed by atoms with Gasteiger partial charge in [-0.3, -0.25) is 9.59 Å². The Hall–Kier alpha value is -2.62. The Balaban J connectivity index is 1.61.